The van der Waals surface area contributed by atoms with E-state index in [2.05, 4.69) is 15.5 Å². The maximum absolute atomic E-state index is 12.2. The van der Waals surface area contributed by atoms with Crippen LogP contribution in [0.5, 0.6) is 5.75 Å². The van der Waals surface area contributed by atoms with Gasteiger partial charge in [0.15, 0.2) is 0 Å². The highest BCUT2D eigenvalue weighted by Crippen LogP contribution is 2.22. The number of carbonyl (C=O) groups is 1. The molecule has 6 heteroatoms. The number of nitrogens with one attached hydrogen (secondary N) is 2. The summed E-state index contributed by atoms with van der Waals surface area (Å²) in [6.45, 7) is 5.69. The molecule has 0 spiro atoms. The summed E-state index contributed by atoms with van der Waals surface area (Å²) in [5, 5.41) is 15.9. The number of nitrogens with zero attached hydrogens (tertiary/aromatic N) is 1. The Labute approximate surface area is 143 Å². The lowest BCUT2D eigenvalue weighted by molar-refractivity contribution is -0.124. The number of benzene rings is 1. The summed E-state index contributed by atoms with van der Waals surface area (Å²) < 4.78 is 5.53. The molecule has 1 atom stereocenters. The van der Waals surface area contributed by atoms with Crippen LogP contribution in [0.1, 0.15) is 30.9 Å². The Morgan fingerprint density at radius 1 is 1.46 bits per heavy atom. The molecule has 3 N–H and O–H groups in total. The van der Waals surface area contributed by atoms with Crippen molar-refractivity contribution in [2.24, 2.45) is 0 Å². The molecule has 1 aromatic rings. The predicted octanol–water partition coefficient (Wildman–Crippen LogP) is 0.630. The van der Waals surface area contributed by atoms with Crippen molar-refractivity contribution < 1.29 is 14.6 Å². The van der Waals surface area contributed by atoms with E-state index in [1.165, 1.54) is 0 Å². The smallest absolute Gasteiger partial charge is 0.238 e. The fourth-order valence-electron chi connectivity index (χ4n) is 3.07. The third-order valence-electron chi connectivity index (χ3n) is 4.50. The Kier molecular flexibility index (Phi) is 5.71. The summed E-state index contributed by atoms with van der Waals surface area (Å²) in [6.07, 6.45) is 2.22. The number of ether oxygens (including phenoxy) is 1. The van der Waals surface area contributed by atoms with Crippen LogP contribution in [0.15, 0.2) is 18.2 Å². The lowest BCUT2D eigenvalue weighted by Gasteiger charge is -2.33. The van der Waals surface area contributed by atoms with Crippen LogP contribution in [0.25, 0.3) is 0 Å². The standard InChI is InChI=1S/C18H27N3O3/c1-2-24-17-6-3-13(9-14(17)12-22)10-21-8-7-19-16(11-21)18(23)20-15-4-5-15/h3,6,9,15-16,19,22H,2,4-5,7-8,10-12H2,1H3,(H,20,23). The zero-order chi connectivity index (χ0) is 16.9. The molecule has 1 heterocycles. The molecule has 2 aliphatic rings. The largest absolute Gasteiger partial charge is 0.494 e. The van der Waals surface area contributed by atoms with Crippen molar-refractivity contribution in [2.45, 2.75) is 45.0 Å². The van der Waals surface area contributed by atoms with E-state index in [0.717, 1.165) is 49.4 Å². The molecule has 1 aliphatic carbocycles. The van der Waals surface area contributed by atoms with Gasteiger partial charge in [-0.3, -0.25) is 9.69 Å². The summed E-state index contributed by atoms with van der Waals surface area (Å²) in [7, 11) is 0. The zero-order valence-electron chi connectivity index (χ0n) is 14.3. The molecule has 132 valence electrons. The fourth-order valence-corrected chi connectivity index (χ4v) is 3.07. The van der Waals surface area contributed by atoms with Gasteiger partial charge >= 0.3 is 0 Å². The average Bonchev–Trinajstić information content (AvgIpc) is 3.40. The van der Waals surface area contributed by atoms with E-state index in [-0.39, 0.29) is 18.6 Å². The first-order valence-corrected chi connectivity index (χ1v) is 8.81. The molecule has 1 unspecified atom stereocenters. The summed E-state index contributed by atoms with van der Waals surface area (Å²) >= 11 is 0. The van der Waals surface area contributed by atoms with Crippen molar-refractivity contribution in [1.29, 1.82) is 0 Å². The van der Waals surface area contributed by atoms with Gasteiger partial charge in [-0.1, -0.05) is 6.07 Å². The second kappa shape index (κ2) is 7.96. The van der Waals surface area contributed by atoms with Crippen LogP contribution in [-0.2, 0) is 17.9 Å². The molecule has 2 fully saturated rings. The quantitative estimate of drug-likeness (QED) is 0.683. The predicted molar refractivity (Wildman–Crippen MR) is 91.8 cm³/mol. The van der Waals surface area contributed by atoms with Crippen molar-refractivity contribution >= 4 is 5.91 Å². The van der Waals surface area contributed by atoms with E-state index in [0.29, 0.717) is 19.2 Å². The van der Waals surface area contributed by atoms with E-state index in [4.69, 9.17) is 4.74 Å². The second-order valence-corrected chi connectivity index (χ2v) is 6.56. The number of rotatable bonds is 7. The molecule has 3 rings (SSSR count). The topological polar surface area (TPSA) is 73.8 Å². The molecule has 1 saturated heterocycles. The van der Waals surface area contributed by atoms with Crippen LogP contribution in [-0.4, -0.2) is 54.2 Å². The molecule has 24 heavy (non-hydrogen) atoms. The molecule has 0 bridgehead atoms. The number of aliphatic hydroxyl groups is 1. The molecule has 1 amide bonds. The van der Waals surface area contributed by atoms with Crippen molar-refractivity contribution in [3.05, 3.63) is 29.3 Å². The normalized spacial score (nSPS) is 21.5. The van der Waals surface area contributed by atoms with Gasteiger partial charge in [0.05, 0.1) is 19.3 Å². The number of carbonyl (C=O) groups excluding carboxylic acids is 1. The summed E-state index contributed by atoms with van der Waals surface area (Å²) in [5.74, 6) is 0.857. The highest BCUT2D eigenvalue weighted by Gasteiger charge is 2.30. The van der Waals surface area contributed by atoms with Gasteiger partial charge in [-0.2, -0.15) is 0 Å². The van der Waals surface area contributed by atoms with Gasteiger partial charge in [0.25, 0.3) is 0 Å². The van der Waals surface area contributed by atoms with E-state index < -0.39 is 0 Å². The average molecular weight is 333 g/mol. The number of amides is 1. The molecule has 1 aliphatic heterocycles. The van der Waals surface area contributed by atoms with Crippen molar-refractivity contribution in [3.63, 3.8) is 0 Å². The minimum atomic E-state index is -0.139. The van der Waals surface area contributed by atoms with Gasteiger partial charge < -0.3 is 20.5 Å². The highest BCUT2D eigenvalue weighted by atomic mass is 16.5. The van der Waals surface area contributed by atoms with Gasteiger partial charge in [-0.15, -0.1) is 0 Å². The number of aliphatic hydroxyl groups excluding tert-OH is 1. The van der Waals surface area contributed by atoms with Crippen LogP contribution in [0.3, 0.4) is 0 Å². The van der Waals surface area contributed by atoms with Crippen LogP contribution in [0.2, 0.25) is 0 Å². The number of piperazine rings is 1. The molecule has 0 aromatic heterocycles. The highest BCUT2D eigenvalue weighted by molar-refractivity contribution is 5.82. The van der Waals surface area contributed by atoms with Crippen molar-refractivity contribution in [1.82, 2.24) is 15.5 Å². The van der Waals surface area contributed by atoms with E-state index in [1.807, 2.05) is 25.1 Å². The Bertz CT molecular complexity index is 575. The maximum atomic E-state index is 12.2. The maximum Gasteiger partial charge on any atom is 0.238 e. The number of hydrogen-bond donors (Lipinski definition) is 3. The molecule has 1 saturated carbocycles. The first kappa shape index (κ1) is 17.2. The Balaban J connectivity index is 1.59. The van der Waals surface area contributed by atoms with E-state index in [1.54, 1.807) is 0 Å². The fraction of sp³-hybridized carbons (Fsp3) is 0.611. The first-order chi connectivity index (χ1) is 11.7. The number of hydrogen-bond acceptors (Lipinski definition) is 5. The van der Waals surface area contributed by atoms with Gasteiger partial charge in [0, 0.05) is 37.8 Å². The summed E-state index contributed by atoms with van der Waals surface area (Å²) in [5.41, 5.74) is 1.94. The lowest BCUT2D eigenvalue weighted by Crippen LogP contribution is -2.57. The zero-order valence-corrected chi connectivity index (χ0v) is 14.3. The molecule has 6 nitrogen and oxygen atoms in total. The third-order valence-corrected chi connectivity index (χ3v) is 4.50. The Morgan fingerprint density at radius 3 is 3.00 bits per heavy atom. The lowest BCUT2D eigenvalue weighted by atomic mass is 10.1. The first-order valence-electron chi connectivity index (χ1n) is 8.81. The minimum absolute atomic E-state index is 0.0306. The molecular weight excluding hydrogens is 306 g/mol. The van der Waals surface area contributed by atoms with Crippen LogP contribution in [0.4, 0.5) is 0 Å². The SMILES string of the molecule is CCOc1ccc(CN2CCNC(C(=O)NC3CC3)C2)cc1CO. The van der Waals surface area contributed by atoms with Crippen molar-refractivity contribution in [2.75, 3.05) is 26.2 Å². The van der Waals surface area contributed by atoms with Gasteiger partial charge in [0.2, 0.25) is 5.91 Å². The van der Waals surface area contributed by atoms with Crippen LogP contribution < -0.4 is 15.4 Å². The second-order valence-electron chi connectivity index (χ2n) is 6.56. The molecule has 0 radical (unpaired) electrons. The van der Waals surface area contributed by atoms with Gasteiger partial charge in [0.1, 0.15) is 5.75 Å². The van der Waals surface area contributed by atoms with E-state index in [9.17, 15) is 9.90 Å². The Hall–Kier alpha value is -1.63. The Morgan fingerprint density at radius 2 is 2.29 bits per heavy atom. The summed E-state index contributed by atoms with van der Waals surface area (Å²) in [4.78, 5) is 14.5. The van der Waals surface area contributed by atoms with E-state index >= 15 is 0 Å². The van der Waals surface area contributed by atoms with Crippen molar-refractivity contribution in [3.8, 4) is 5.75 Å². The summed E-state index contributed by atoms with van der Waals surface area (Å²) in [6, 6.07) is 6.20. The van der Waals surface area contributed by atoms with Gasteiger partial charge in [-0.25, -0.2) is 0 Å². The third kappa shape index (κ3) is 4.47. The monoisotopic (exact) mass is 333 g/mol. The minimum Gasteiger partial charge on any atom is -0.494 e. The van der Waals surface area contributed by atoms with Crippen LogP contribution >= 0.6 is 0 Å². The van der Waals surface area contributed by atoms with Gasteiger partial charge in [-0.05, 0) is 37.5 Å². The van der Waals surface area contributed by atoms with Crippen LogP contribution in [0, 0.1) is 0 Å². The molecular formula is C18H27N3O3. The molecule has 1 aromatic carbocycles.